The summed E-state index contributed by atoms with van der Waals surface area (Å²) in [7, 11) is 4.76. The minimum atomic E-state index is 0.536. The van der Waals surface area contributed by atoms with E-state index in [9.17, 15) is 0 Å². The van der Waals surface area contributed by atoms with Gasteiger partial charge in [0, 0.05) is 23.4 Å². The Hall–Kier alpha value is -3.80. The molecule has 6 nitrogen and oxygen atoms in total. The third-order valence-corrected chi connectivity index (χ3v) is 4.55. The molecular formula is C23H21N3O3. The van der Waals surface area contributed by atoms with Crippen LogP contribution in [0.25, 0.3) is 22.3 Å². The number of anilines is 2. The van der Waals surface area contributed by atoms with E-state index in [0.717, 1.165) is 28.0 Å². The Bertz CT molecular complexity index is 1120. The van der Waals surface area contributed by atoms with Crippen molar-refractivity contribution in [3.8, 4) is 28.5 Å². The first kappa shape index (κ1) is 18.6. The number of ether oxygens (including phenoxy) is 3. The first-order valence-electron chi connectivity index (χ1n) is 9.12. The second-order valence-electron chi connectivity index (χ2n) is 6.31. The summed E-state index contributed by atoms with van der Waals surface area (Å²) in [5.41, 5.74) is 4.13. The largest absolute Gasteiger partial charge is 0.493 e. The van der Waals surface area contributed by atoms with E-state index in [1.807, 2.05) is 66.7 Å². The van der Waals surface area contributed by atoms with Crippen molar-refractivity contribution in [2.24, 2.45) is 0 Å². The maximum absolute atomic E-state index is 5.46. The van der Waals surface area contributed by atoms with Crippen molar-refractivity contribution in [2.75, 3.05) is 26.6 Å². The zero-order valence-electron chi connectivity index (χ0n) is 16.5. The average Bonchev–Trinajstić information content (AvgIpc) is 2.78. The molecule has 0 atom stereocenters. The van der Waals surface area contributed by atoms with Gasteiger partial charge in [-0.25, -0.2) is 9.97 Å². The van der Waals surface area contributed by atoms with Crippen LogP contribution in [0.2, 0.25) is 0 Å². The van der Waals surface area contributed by atoms with Crippen LogP contribution in [0, 0.1) is 0 Å². The Labute approximate surface area is 169 Å². The highest BCUT2D eigenvalue weighted by Gasteiger charge is 2.16. The lowest BCUT2D eigenvalue weighted by atomic mass is 10.1. The monoisotopic (exact) mass is 387 g/mol. The minimum Gasteiger partial charge on any atom is -0.493 e. The maximum Gasteiger partial charge on any atom is 0.203 e. The predicted octanol–water partition coefficient (Wildman–Crippen LogP) is 5.07. The summed E-state index contributed by atoms with van der Waals surface area (Å²) in [4.78, 5) is 9.66. The number of methoxy groups -OCH3 is 3. The van der Waals surface area contributed by atoms with Crippen molar-refractivity contribution in [3.63, 3.8) is 0 Å². The smallest absolute Gasteiger partial charge is 0.203 e. The van der Waals surface area contributed by atoms with Gasteiger partial charge in [-0.1, -0.05) is 42.5 Å². The van der Waals surface area contributed by atoms with Crippen LogP contribution >= 0.6 is 0 Å². The fourth-order valence-electron chi connectivity index (χ4n) is 3.17. The molecule has 29 heavy (non-hydrogen) atoms. The Balaban J connectivity index is 1.86. The molecule has 3 aromatic carbocycles. The van der Waals surface area contributed by atoms with Crippen LogP contribution in [0.3, 0.4) is 0 Å². The van der Waals surface area contributed by atoms with E-state index in [4.69, 9.17) is 24.2 Å². The van der Waals surface area contributed by atoms with E-state index in [0.29, 0.717) is 23.1 Å². The molecule has 0 amide bonds. The summed E-state index contributed by atoms with van der Waals surface area (Å²) in [5.74, 6) is 2.30. The molecule has 0 radical (unpaired) electrons. The zero-order valence-corrected chi connectivity index (χ0v) is 16.5. The lowest BCUT2D eigenvalue weighted by Crippen LogP contribution is -2.02. The molecular weight excluding hydrogens is 366 g/mol. The first-order chi connectivity index (χ1) is 14.2. The molecule has 0 saturated carbocycles. The average molecular weight is 387 g/mol. The maximum atomic E-state index is 5.46. The van der Waals surface area contributed by atoms with Crippen LogP contribution in [0.5, 0.6) is 17.2 Å². The highest BCUT2D eigenvalue weighted by Crippen LogP contribution is 2.41. The van der Waals surface area contributed by atoms with Gasteiger partial charge < -0.3 is 19.5 Å². The highest BCUT2D eigenvalue weighted by atomic mass is 16.5. The molecule has 0 unspecified atom stereocenters. The van der Waals surface area contributed by atoms with Gasteiger partial charge in [0.05, 0.1) is 32.4 Å². The number of benzene rings is 3. The molecule has 4 aromatic rings. The summed E-state index contributed by atoms with van der Waals surface area (Å²) < 4.78 is 16.3. The quantitative estimate of drug-likeness (QED) is 0.498. The van der Waals surface area contributed by atoms with Crippen LogP contribution in [-0.4, -0.2) is 31.3 Å². The van der Waals surface area contributed by atoms with Crippen LogP contribution in [0.1, 0.15) is 0 Å². The molecule has 146 valence electrons. The van der Waals surface area contributed by atoms with E-state index in [1.54, 1.807) is 21.3 Å². The van der Waals surface area contributed by atoms with Crippen molar-refractivity contribution in [1.82, 2.24) is 9.97 Å². The molecule has 0 fully saturated rings. The van der Waals surface area contributed by atoms with E-state index < -0.39 is 0 Å². The fraction of sp³-hybridized carbons (Fsp3) is 0.130. The van der Waals surface area contributed by atoms with Crippen LogP contribution in [0.4, 0.5) is 11.5 Å². The van der Waals surface area contributed by atoms with E-state index in [2.05, 4.69) is 5.32 Å². The summed E-state index contributed by atoms with van der Waals surface area (Å²) in [5, 5.41) is 3.37. The van der Waals surface area contributed by atoms with Gasteiger partial charge in [0.15, 0.2) is 17.3 Å². The van der Waals surface area contributed by atoms with Gasteiger partial charge in [-0.3, -0.25) is 0 Å². The van der Waals surface area contributed by atoms with Crippen LogP contribution in [-0.2, 0) is 0 Å². The summed E-state index contributed by atoms with van der Waals surface area (Å²) >= 11 is 0. The van der Waals surface area contributed by atoms with Gasteiger partial charge in [0.25, 0.3) is 0 Å². The molecule has 6 heteroatoms. The second kappa shape index (κ2) is 8.06. The van der Waals surface area contributed by atoms with Crippen molar-refractivity contribution >= 4 is 22.5 Å². The summed E-state index contributed by atoms with van der Waals surface area (Å²) in [6.07, 6.45) is 0. The second-order valence-corrected chi connectivity index (χ2v) is 6.31. The molecule has 1 aromatic heterocycles. The van der Waals surface area contributed by atoms with Gasteiger partial charge in [-0.2, -0.15) is 0 Å². The summed E-state index contributed by atoms with van der Waals surface area (Å²) in [6.45, 7) is 0. The normalized spacial score (nSPS) is 10.6. The SMILES string of the molecule is COc1cc(Nc2nc3ccccc3nc2-c2ccccc2)cc(OC)c1OC. The predicted molar refractivity (Wildman–Crippen MR) is 114 cm³/mol. The Morgan fingerprint density at radius 1 is 0.690 bits per heavy atom. The number of hydrogen-bond donors (Lipinski definition) is 1. The number of aromatic nitrogens is 2. The van der Waals surface area contributed by atoms with E-state index in [-0.39, 0.29) is 0 Å². The van der Waals surface area contributed by atoms with Crippen molar-refractivity contribution in [2.45, 2.75) is 0 Å². The minimum absolute atomic E-state index is 0.536. The molecule has 0 saturated heterocycles. The first-order valence-corrected chi connectivity index (χ1v) is 9.12. The van der Waals surface area contributed by atoms with Gasteiger partial charge in [-0.05, 0) is 12.1 Å². The molecule has 0 bridgehead atoms. The van der Waals surface area contributed by atoms with Crippen LogP contribution < -0.4 is 19.5 Å². The number of nitrogens with zero attached hydrogens (tertiary/aromatic N) is 2. The topological polar surface area (TPSA) is 65.5 Å². The molecule has 0 aliphatic heterocycles. The number of para-hydroxylation sites is 2. The Morgan fingerprint density at radius 3 is 1.86 bits per heavy atom. The molecule has 0 aliphatic carbocycles. The number of nitrogens with one attached hydrogen (secondary N) is 1. The third kappa shape index (κ3) is 3.65. The number of rotatable bonds is 6. The van der Waals surface area contributed by atoms with E-state index >= 15 is 0 Å². The summed E-state index contributed by atoms with van der Waals surface area (Å²) in [6, 6.07) is 21.4. The molecule has 1 heterocycles. The molecule has 0 spiro atoms. The molecule has 0 aliphatic rings. The van der Waals surface area contributed by atoms with Gasteiger partial charge in [-0.15, -0.1) is 0 Å². The van der Waals surface area contributed by atoms with E-state index in [1.165, 1.54) is 0 Å². The van der Waals surface area contributed by atoms with Gasteiger partial charge >= 0.3 is 0 Å². The van der Waals surface area contributed by atoms with Crippen molar-refractivity contribution in [1.29, 1.82) is 0 Å². The van der Waals surface area contributed by atoms with Crippen molar-refractivity contribution < 1.29 is 14.2 Å². The standard InChI is InChI=1S/C23H21N3O3/c1-27-19-13-16(14-20(28-2)22(19)29-3)24-23-21(15-9-5-4-6-10-15)25-17-11-7-8-12-18(17)26-23/h4-14H,1-3H3,(H,24,26). The number of fused-ring (bicyclic) bond motifs is 1. The Kier molecular flexibility index (Phi) is 5.16. The fourth-order valence-corrected chi connectivity index (χ4v) is 3.17. The molecule has 1 N–H and O–H groups in total. The van der Waals surface area contributed by atoms with Gasteiger partial charge in [0.1, 0.15) is 5.69 Å². The van der Waals surface area contributed by atoms with Gasteiger partial charge in [0.2, 0.25) is 5.75 Å². The lowest BCUT2D eigenvalue weighted by Gasteiger charge is -2.16. The Morgan fingerprint density at radius 2 is 1.28 bits per heavy atom. The van der Waals surface area contributed by atoms with Crippen molar-refractivity contribution in [3.05, 3.63) is 66.7 Å². The number of hydrogen-bond acceptors (Lipinski definition) is 6. The lowest BCUT2D eigenvalue weighted by molar-refractivity contribution is 0.324. The highest BCUT2D eigenvalue weighted by molar-refractivity contribution is 5.85. The zero-order chi connectivity index (χ0) is 20.2. The third-order valence-electron chi connectivity index (χ3n) is 4.55. The van der Waals surface area contributed by atoms with Crippen LogP contribution in [0.15, 0.2) is 66.7 Å². The molecule has 4 rings (SSSR count).